The maximum Gasteiger partial charge on any atom is 0.251 e. The fraction of sp³-hybridized carbons (Fsp3) is 0.240. The molecule has 0 aliphatic carbocycles. The monoisotopic (exact) mass is 448 g/mol. The van der Waals surface area contributed by atoms with Crippen molar-refractivity contribution in [1.82, 2.24) is 10.6 Å². The lowest BCUT2D eigenvalue weighted by Crippen LogP contribution is -2.24. The molecule has 0 bridgehead atoms. The van der Waals surface area contributed by atoms with Crippen LogP contribution >= 0.6 is 0 Å². The van der Waals surface area contributed by atoms with Crippen LogP contribution in [0.15, 0.2) is 71.3 Å². The molecule has 0 radical (unpaired) electrons. The van der Waals surface area contributed by atoms with Crippen LogP contribution in [-0.2, 0) is 11.3 Å². The van der Waals surface area contributed by atoms with E-state index in [4.69, 9.17) is 4.42 Å². The quantitative estimate of drug-likeness (QED) is 0.334. The largest absolute Gasteiger partial charge is 0.467 e. The van der Waals surface area contributed by atoms with Gasteiger partial charge in [0.05, 0.1) is 19.4 Å². The topological polar surface area (TPSA) is 112 Å². The van der Waals surface area contributed by atoms with Crippen LogP contribution in [-0.4, -0.2) is 30.8 Å². The first-order chi connectivity index (χ1) is 16.0. The number of carbonyl (C=O) groups is 3. The van der Waals surface area contributed by atoms with Crippen molar-refractivity contribution in [3.63, 3.8) is 0 Å². The lowest BCUT2D eigenvalue weighted by Gasteiger charge is -2.10. The van der Waals surface area contributed by atoms with Gasteiger partial charge in [-0.25, -0.2) is 0 Å². The molecule has 3 rings (SSSR count). The van der Waals surface area contributed by atoms with Crippen LogP contribution in [0, 0.1) is 0 Å². The van der Waals surface area contributed by atoms with Gasteiger partial charge in [0.25, 0.3) is 11.8 Å². The van der Waals surface area contributed by atoms with E-state index in [2.05, 4.69) is 28.2 Å². The van der Waals surface area contributed by atoms with Gasteiger partial charge in [-0.3, -0.25) is 14.4 Å². The Labute approximate surface area is 192 Å². The molecule has 0 unspecified atom stereocenters. The maximum atomic E-state index is 12.3. The van der Waals surface area contributed by atoms with Crippen molar-refractivity contribution in [2.75, 3.05) is 23.7 Å². The standard InChI is InChI=1S/C25H28N4O4/c1-2-3-13-26-24(31)18-9-11-20(12-10-18)29-23(30)17-27-21-7-4-6-19(15-21)25(32)28-16-22-8-5-14-33-22/h4-12,14-15,27H,2-3,13,16-17H2,1H3,(H,26,31)(H,28,32)(H,29,30). The number of hydrogen-bond donors (Lipinski definition) is 4. The van der Waals surface area contributed by atoms with Crippen molar-refractivity contribution in [1.29, 1.82) is 0 Å². The molecule has 4 N–H and O–H groups in total. The molecule has 0 atom stereocenters. The molecule has 33 heavy (non-hydrogen) atoms. The normalized spacial score (nSPS) is 10.3. The van der Waals surface area contributed by atoms with E-state index in [0.29, 0.717) is 41.4 Å². The van der Waals surface area contributed by atoms with Gasteiger partial charge in [-0.1, -0.05) is 19.4 Å². The van der Waals surface area contributed by atoms with Crippen LogP contribution in [0.25, 0.3) is 0 Å². The average molecular weight is 449 g/mol. The van der Waals surface area contributed by atoms with Gasteiger partial charge in [0.2, 0.25) is 5.91 Å². The predicted octanol–water partition coefficient (Wildman–Crippen LogP) is 3.79. The van der Waals surface area contributed by atoms with E-state index < -0.39 is 0 Å². The summed E-state index contributed by atoms with van der Waals surface area (Å²) in [6.45, 7) is 3.03. The molecule has 2 aromatic carbocycles. The number of rotatable bonds is 11. The summed E-state index contributed by atoms with van der Waals surface area (Å²) in [4.78, 5) is 36.7. The molecule has 0 spiro atoms. The molecule has 3 amide bonds. The second-order valence-corrected chi connectivity index (χ2v) is 7.43. The summed E-state index contributed by atoms with van der Waals surface area (Å²) in [6.07, 6.45) is 3.50. The molecule has 0 saturated carbocycles. The Kier molecular flexibility index (Phi) is 8.64. The third kappa shape index (κ3) is 7.53. The lowest BCUT2D eigenvalue weighted by atomic mass is 10.2. The van der Waals surface area contributed by atoms with Gasteiger partial charge >= 0.3 is 0 Å². The van der Waals surface area contributed by atoms with Crippen LogP contribution in [0.5, 0.6) is 0 Å². The zero-order chi connectivity index (χ0) is 23.5. The highest BCUT2D eigenvalue weighted by Gasteiger charge is 2.09. The van der Waals surface area contributed by atoms with Crippen molar-refractivity contribution in [2.45, 2.75) is 26.3 Å². The van der Waals surface area contributed by atoms with E-state index in [1.807, 2.05) is 0 Å². The molecule has 0 aliphatic rings. The Bertz CT molecular complexity index is 1060. The fourth-order valence-electron chi connectivity index (χ4n) is 3.03. The third-order valence-electron chi connectivity index (χ3n) is 4.83. The fourth-order valence-corrected chi connectivity index (χ4v) is 3.03. The number of carbonyl (C=O) groups excluding carboxylic acids is 3. The summed E-state index contributed by atoms with van der Waals surface area (Å²) in [6, 6.07) is 17.2. The maximum absolute atomic E-state index is 12.3. The minimum Gasteiger partial charge on any atom is -0.467 e. The van der Waals surface area contributed by atoms with Gasteiger partial charge in [-0.2, -0.15) is 0 Å². The number of nitrogens with one attached hydrogen (secondary N) is 4. The summed E-state index contributed by atoms with van der Waals surface area (Å²) in [5, 5.41) is 11.4. The summed E-state index contributed by atoms with van der Waals surface area (Å²) >= 11 is 0. The van der Waals surface area contributed by atoms with Crippen LogP contribution in [0.3, 0.4) is 0 Å². The highest BCUT2D eigenvalue weighted by Crippen LogP contribution is 2.12. The molecule has 8 heteroatoms. The Morgan fingerprint density at radius 2 is 1.64 bits per heavy atom. The summed E-state index contributed by atoms with van der Waals surface area (Å²) in [5.74, 6) is 0.0525. The first-order valence-corrected chi connectivity index (χ1v) is 10.9. The van der Waals surface area contributed by atoms with E-state index in [1.165, 1.54) is 0 Å². The van der Waals surface area contributed by atoms with Gasteiger partial charge in [-0.15, -0.1) is 0 Å². The molecule has 0 fully saturated rings. The lowest BCUT2D eigenvalue weighted by molar-refractivity contribution is -0.114. The number of benzene rings is 2. The Morgan fingerprint density at radius 1 is 0.848 bits per heavy atom. The number of anilines is 2. The second kappa shape index (κ2) is 12.1. The van der Waals surface area contributed by atoms with Gasteiger partial charge in [0, 0.05) is 29.0 Å². The van der Waals surface area contributed by atoms with Gasteiger partial charge in [0.1, 0.15) is 5.76 Å². The molecule has 0 saturated heterocycles. The van der Waals surface area contributed by atoms with Crippen LogP contribution in [0.1, 0.15) is 46.2 Å². The number of amides is 3. The third-order valence-corrected chi connectivity index (χ3v) is 4.83. The molecular weight excluding hydrogens is 420 g/mol. The van der Waals surface area contributed by atoms with E-state index in [-0.39, 0.29) is 24.3 Å². The van der Waals surface area contributed by atoms with Crippen LogP contribution in [0.2, 0.25) is 0 Å². The summed E-state index contributed by atoms with van der Waals surface area (Å²) in [5.41, 5.74) is 2.26. The number of hydrogen-bond acceptors (Lipinski definition) is 5. The Balaban J connectivity index is 1.46. The van der Waals surface area contributed by atoms with Crippen LogP contribution < -0.4 is 21.3 Å². The van der Waals surface area contributed by atoms with E-state index in [1.54, 1.807) is 66.9 Å². The smallest absolute Gasteiger partial charge is 0.251 e. The minimum atomic E-state index is -0.247. The molecule has 1 heterocycles. The van der Waals surface area contributed by atoms with Gasteiger partial charge in [-0.05, 0) is 61.0 Å². The molecule has 0 aliphatic heterocycles. The zero-order valence-electron chi connectivity index (χ0n) is 18.5. The van der Waals surface area contributed by atoms with Crippen molar-refractivity contribution >= 4 is 29.1 Å². The van der Waals surface area contributed by atoms with Gasteiger partial charge in [0.15, 0.2) is 0 Å². The molecule has 172 valence electrons. The number of unbranched alkanes of at least 4 members (excludes halogenated alkanes) is 1. The Morgan fingerprint density at radius 3 is 2.36 bits per heavy atom. The summed E-state index contributed by atoms with van der Waals surface area (Å²) < 4.78 is 5.20. The first-order valence-electron chi connectivity index (χ1n) is 10.9. The predicted molar refractivity (Wildman–Crippen MR) is 127 cm³/mol. The molecule has 1 aromatic heterocycles. The highest BCUT2D eigenvalue weighted by atomic mass is 16.3. The first kappa shape index (κ1) is 23.6. The molecular formula is C25H28N4O4. The van der Waals surface area contributed by atoms with E-state index in [9.17, 15) is 14.4 Å². The SMILES string of the molecule is CCCCNC(=O)c1ccc(NC(=O)CNc2cccc(C(=O)NCc3ccco3)c2)cc1. The molecule has 3 aromatic rings. The average Bonchev–Trinajstić information content (AvgIpc) is 3.36. The van der Waals surface area contributed by atoms with Crippen molar-refractivity contribution in [3.05, 3.63) is 83.8 Å². The Hall–Kier alpha value is -4.07. The van der Waals surface area contributed by atoms with Crippen molar-refractivity contribution in [3.8, 4) is 0 Å². The zero-order valence-corrected chi connectivity index (χ0v) is 18.5. The number of furan rings is 1. The second-order valence-electron chi connectivity index (χ2n) is 7.43. The van der Waals surface area contributed by atoms with E-state index >= 15 is 0 Å². The van der Waals surface area contributed by atoms with E-state index in [0.717, 1.165) is 12.8 Å². The summed E-state index contributed by atoms with van der Waals surface area (Å²) in [7, 11) is 0. The highest BCUT2D eigenvalue weighted by molar-refractivity contribution is 5.97. The van der Waals surface area contributed by atoms with Gasteiger partial charge < -0.3 is 25.7 Å². The van der Waals surface area contributed by atoms with Crippen LogP contribution in [0.4, 0.5) is 11.4 Å². The molecule has 8 nitrogen and oxygen atoms in total. The minimum absolute atomic E-state index is 0.0245. The van der Waals surface area contributed by atoms with Crippen molar-refractivity contribution in [2.24, 2.45) is 0 Å². The van der Waals surface area contributed by atoms with Crippen molar-refractivity contribution < 1.29 is 18.8 Å².